The quantitative estimate of drug-likeness (QED) is 0.397. The van der Waals surface area contributed by atoms with Crippen LogP contribution in [0.5, 0.6) is 0 Å². The van der Waals surface area contributed by atoms with E-state index in [2.05, 4.69) is 10.3 Å². The van der Waals surface area contributed by atoms with Crippen LogP contribution < -0.4 is 5.11 Å². The Morgan fingerprint density at radius 2 is 2.18 bits per heavy atom. The molecule has 0 aliphatic carbocycles. The number of carboxylic acids is 1. The molecule has 1 unspecified atom stereocenters. The van der Waals surface area contributed by atoms with Gasteiger partial charge in [-0.1, -0.05) is 5.21 Å². The first-order valence-corrected chi connectivity index (χ1v) is 7.68. The number of fused-ring (bicyclic) bond motifs is 1. The van der Waals surface area contributed by atoms with E-state index in [1.165, 1.54) is 24.0 Å². The SMILES string of the molecule is C/C(Cn1ccnn1)=C1/[C@H](C(=O)[O-])N2C(=O)CC2S1(=O)=O.[Ag+]. The predicted molar refractivity (Wildman–Crippen MR) is 65.7 cm³/mol. The molecule has 2 atom stereocenters. The summed E-state index contributed by atoms with van der Waals surface area (Å²) >= 11 is 0. The number of carbonyl (C=O) groups is 2. The number of aliphatic carboxylic acids is 1. The minimum Gasteiger partial charge on any atom is -0.547 e. The van der Waals surface area contributed by atoms with Crippen molar-refractivity contribution in [1.29, 1.82) is 0 Å². The fourth-order valence-corrected chi connectivity index (χ4v) is 5.00. The van der Waals surface area contributed by atoms with E-state index in [0.29, 0.717) is 5.57 Å². The van der Waals surface area contributed by atoms with Gasteiger partial charge in [-0.05, 0) is 12.5 Å². The predicted octanol–water partition coefficient (Wildman–Crippen LogP) is -2.35. The van der Waals surface area contributed by atoms with Crippen molar-refractivity contribution in [3.05, 3.63) is 22.9 Å². The van der Waals surface area contributed by atoms with Crippen LogP contribution in [-0.4, -0.2) is 51.6 Å². The first kappa shape index (κ1) is 16.9. The Kier molecular flexibility index (Phi) is 4.31. The van der Waals surface area contributed by atoms with E-state index in [9.17, 15) is 23.1 Å². The van der Waals surface area contributed by atoms with E-state index in [1.807, 2.05) is 0 Å². The zero-order chi connectivity index (χ0) is 15.4. The number of hydrogen-bond donors (Lipinski definition) is 0. The molecular formula is C11H11AgN4O5S. The monoisotopic (exact) mass is 418 g/mol. The summed E-state index contributed by atoms with van der Waals surface area (Å²) in [5.74, 6) is -2.09. The molecule has 2 fully saturated rings. The number of rotatable bonds is 3. The number of allylic oxidation sites excluding steroid dienone is 1. The Hall–Kier alpha value is -1.49. The summed E-state index contributed by atoms with van der Waals surface area (Å²) in [5.41, 5.74) is 0.303. The molecule has 0 saturated carbocycles. The summed E-state index contributed by atoms with van der Waals surface area (Å²) in [6, 6.07) is -1.55. The van der Waals surface area contributed by atoms with Crippen molar-refractivity contribution in [3.8, 4) is 0 Å². The average molecular weight is 419 g/mol. The van der Waals surface area contributed by atoms with Crippen LogP contribution in [0.4, 0.5) is 0 Å². The Morgan fingerprint density at radius 1 is 1.50 bits per heavy atom. The summed E-state index contributed by atoms with van der Waals surface area (Å²) < 4.78 is 26.2. The van der Waals surface area contributed by atoms with Gasteiger partial charge in [0.2, 0.25) is 5.91 Å². The molecule has 0 spiro atoms. The summed E-state index contributed by atoms with van der Waals surface area (Å²) in [4.78, 5) is 23.4. The van der Waals surface area contributed by atoms with Gasteiger partial charge in [-0.25, -0.2) is 13.1 Å². The van der Waals surface area contributed by atoms with Gasteiger partial charge in [0.15, 0.2) is 9.84 Å². The van der Waals surface area contributed by atoms with Crippen LogP contribution in [0.2, 0.25) is 0 Å². The smallest absolute Gasteiger partial charge is 0.547 e. The van der Waals surface area contributed by atoms with Crippen molar-refractivity contribution in [1.82, 2.24) is 19.9 Å². The topological polar surface area (TPSA) is 125 Å². The Balaban J connectivity index is 0.00000176. The molecule has 0 bridgehead atoms. The molecule has 3 heterocycles. The second-order valence-corrected chi connectivity index (χ2v) is 7.05. The largest absolute Gasteiger partial charge is 1.00 e. The minimum atomic E-state index is -3.86. The number of amides is 1. The average Bonchev–Trinajstić information content (AvgIpc) is 2.92. The van der Waals surface area contributed by atoms with E-state index in [0.717, 1.165) is 4.90 Å². The Bertz CT molecular complexity index is 757. The number of carboxylic acid groups (broad SMARTS) is 1. The molecule has 22 heavy (non-hydrogen) atoms. The summed E-state index contributed by atoms with van der Waals surface area (Å²) in [6.07, 6.45) is 2.76. The second-order valence-electron chi connectivity index (χ2n) is 4.97. The first-order valence-electron chi connectivity index (χ1n) is 6.13. The maximum atomic E-state index is 12.4. The zero-order valence-electron chi connectivity index (χ0n) is 11.3. The van der Waals surface area contributed by atoms with Gasteiger partial charge in [-0.15, -0.1) is 5.10 Å². The number of β-lactam (4-membered cyclic amide) rings is 1. The van der Waals surface area contributed by atoms with Gasteiger partial charge in [0, 0.05) is 6.20 Å². The molecule has 0 radical (unpaired) electrons. The molecule has 2 aliphatic heterocycles. The fourth-order valence-electron chi connectivity index (χ4n) is 2.73. The molecule has 2 saturated heterocycles. The fraction of sp³-hybridized carbons (Fsp3) is 0.455. The van der Waals surface area contributed by atoms with Gasteiger partial charge in [-0.3, -0.25) is 4.79 Å². The number of hydrogen-bond acceptors (Lipinski definition) is 7. The van der Waals surface area contributed by atoms with Crippen molar-refractivity contribution in [2.24, 2.45) is 0 Å². The normalized spacial score (nSPS) is 27.7. The molecule has 11 heteroatoms. The molecule has 1 aromatic heterocycles. The van der Waals surface area contributed by atoms with Gasteiger partial charge in [0.1, 0.15) is 11.4 Å². The van der Waals surface area contributed by atoms with Gasteiger partial charge in [0.25, 0.3) is 0 Å². The third-order valence-electron chi connectivity index (χ3n) is 3.65. The summed E-state index contributed by atoms with van der Waals surface area (Å²) in [7, 11) is -3.86. The van der Waals surface area contributed by atoms with Crippen molar-refractivity contribution in [2.75, 3.05) is 0 Å². The standard InChI is InChI=1S/C11H12N4O5S.Ag/c1-6(5-14-3-2-12-13-14)10-9(11(17)18)15-7(16)4-8(15)21(10,19)20;/h2-3,8-9H,4-5H2,1H3,(H,17,18);/q;+1/p-1/b10-6+;/t8?,9-;/m1./s1. The summed E-state index contributed by atoms with van der Waals surface area (Å²) in [5, 5.41) is 17.5. The molecular weight excluding hydrogens is 408 g/mol. The van der Waals surface area contributed by atoms with Crippen LogP contribution in [0, 0.1) is 0 Å². The van der Waals surface area contributed by atoms with Crippen molar-refractivity contribution < 1.29 is 45.5 Å². The number of sulfone groups is 1. The molecule has 0 aromatic carbocycles. The van der Waals surface area contributed by atoms with E-state index < -0.39 is 33.1 Å². The van der Waals surface area contributed by atoms with E-state index in [-0.39, 0.29) is 40.3 Å². The van der Waals surface area contributed by atoms with Crippen molar-refractivity contribution in [3.63, 3.8) is 0 Å². The van der Waals surface area contributed by atoms with Crippen molar-refractivity contribution >= 4 is 21.7 Å². The maximum absolute atomic E-state index is 12.4. The Labute approximate surface area is 141 Å². The molecule has 1 amide bonds. The van der Waals surface area contributed by atoms with Crippen LogP contribution in [0.3, 0.4) is 0 Å². The third-order valence-corrected chi connectivity index (χ3v) is 5.95. The zero-order valence-corrected chi connectivity index (χ0v) is 13.6. The third kappa shape index (κ3) is 2.32. The number of carbonyl (C=O) groups excluding carboxylic acids is 2. The molecule has 0 N–H and O–H groups in total. The van der Waals surface area contributed by atoms with Gasteiger partial charge in [0.05, 0.1) is 30.0 Å². The minimum absolute atomic E-state index is 0. The molecule has 122 valence electrons. The summed E-state index contributed by atoms with van der Waals surface area (Å²) in [6.45, 7) is 1.58. The maximum Gasteiger partial charge on any atom is 1.00 e. The molecule has 1 aromatic rings. The van der Waals surface area contributed by atoms with E-state index in [1.54, 1.807) is 0 Å². The van der Waals surface area contributed by atoms with Crippen LogP contribution in [-0.2, 0) is 48.4 Å². The van der Waals surface area contributed by atoms with Gasteiger partial charge in [-0.2, -0.15) is 0 Å². The van der Waals surface area contributed by atoms with Crippen LogP contribution in [0.15, 0.2) is 22.9 Å². The Morgan fingerprint density at radius 3 is 2.68 bits per heavy atom. The molecule has 2 aliphatic rings. The first-order chi connectivity index (χ1) is 9.84. The molecule has 9 nitrogen and oxygen atoms in total. The molecule has 3 rings (SSSR count). The van der Waals surface area contributed by atoms with Crippen LogP contribution in [0.25, 0.3) is 0 Å². The van der Waals surface area contributed by atoms with Crippen LogP contribution in [0.1, 0.15) is 13.3 Å². The van der Waals surface area contributed by atoms with E-state index >= 15 is 0 Å². The van der Waals surface area contributed by atoms with Crippen molar-refractivity contribution in [2.45, 2.75) is 31.3 Å². The van der Waals surface area contributed by atoms with Gasteiger partial charge >= 0.3 is 22.4 Å². The van der Waals surface area contributed by atoms with Gasteiger partial charge < -0.3 is 14.8 Å². The number of aromatic nitrogens is 3. The van der Waals surface area contributed by atoms with Crippen LogP contribution >= 0.6 is 0 Å². The van der Waals surface area contributed by atoms with E-state index in [4.69, 9.17) is 0 Å². The second kappa shape index (κ2) is 5.61. The number of nitrogens with zero attached hydrogens (tertiary/aromatic N) is 4.